The molecular formula is C17H31NO3. The number of hydrogen-bond donors (Lipinski definition) is 1. The van der Waals surface area contributed by atoms with Crippen LogP contribution < -0.4 is 5.32 Å². The zero-order chi connectivity index (χ0) is 15.3. The lowest BCUT2D eigenvalue weighted by molar-refractivity contribution is -0.153. The third-order valence-electron chi connectivity index (χ3n) is 5.18. The Hall–Kier alpha value is -0.610. The molecule has 0 radical (unpaired) electrons. The molecule has 1 aliphatic heterocycles. The fourth-order valence-electron chi connectivity index (χ4n) is 3.64. The Kier molecular flexibility index (Phi) is 6.06. The van der Waals surface area contributed by atoms with Crippen molar-refractivity contribution < 1.29 is 14.3 Å². The molecule has 0 spiro atoms. The second-order valence-electron chi connectivity index (χ2n) is 6.90. The van der Waals surface area contributed by atoms with Crippen LogP contribution in [0.1, 0.15) is 59.3 Å². The van der Waals surface area contributed by atoms with Gasteiger partial charge in [-0.1, -0.05) is 13.8 Å². The maximum atomic E-state index is 12.5. The summed E-state index contributed by atoms with van der Waals surface area (Å²) in [6.45, 7) is 8.52. The van der Waals surface area contributed by atoms with E-state index in [2.05, 4.69) is 19.2 Å². The van der Waals surface area contributed by atoms with E-state index in [4.69, 9.17) is 9.47 Å². The fraction of sp³-hybridized carbons (Fsp3) is 0.941. The normalized spacial score (nSPS) is 33.3. The van der Waals surface area contributed by atoms with Gasteiger partial charge in [0.05, 0.1) is 12.7 Å². The molecule has 1 heterocycles. The number of carbonyl (C=O) groups is 1. The van der Waals surface area contributed by atoms with Gasteiger partial charge in [-0.05, 0) is 57.3 Å². The highest BCUT2D eigenvalue weighted by Gasteiger charge is 2.43. The second-order valence-corrected chi connectivity index (χ2v) is 6.90. The Morgan fingerprint density at radius 1 is 1.33 bits per heavy atom. The Bertz CT molecular complexity index is 329. The summed E-state index contributed by atoms with van der Waals surface area (Å²) in [5, 5.41) is 3.52. The summed E-state index contributed by atoms with van der Waals surface area (Å²) in [5.41, 5.74) is -0.479. The molecule has 0 amide bonds. The van der Waals surface area contributed by atoms with Crippen molar-refractivity contribution in [2.24, 2.45) is 11.8 Å². The van der Waals surface area contributed by atoms with Crippen molar-refractivity contribution in [1.29, 1.82) is 0 Å². The minimum Gasteiger partial charge on any atom is -0.465 e. The molecular weight excluding hydrogens is 266 g/mol. The van der Waals surface area contributed by atoms with Gasteiger partial charge in [0.1, 0.15) is 5.54 Å². The Labute approximate surface area is 129 Å². The van der Waals surface area contributed by atoms with Crippen LogP contribution >= 0.6 is 0 Å². The van der Waals surface area contributed by atoms with Crippen LogP contribution in [0.2, 0.25) is 0 Å². The summed E-state index contributed by atoms with van der Waals surface area (Å²) in [4.78, 5) is 12.5. The van der Waals surface area contributed by atoms with E-state index in [9.17, 15) is 4.79 Å². The monoisotopic (exact) mass is 297 g/mol. The van der Waals surface area contributed by atoms with Crippen LogP contribution in [0.25, 0.3) is 0 Å². The highest BCUT2D eigenvalue weighted by molar-refractivity contribution is 5.81. The van der Waals surface area contributed by atoms with E-state index < -0.39 is 5.54 Å². The Morgan fingerprint density at radius 2 is 2.05 bits per heavy atom. The number of rotatable bonds is 6. The molecule has 1 atom stereocenters. The van der Waals surface area contributed by atoms with Gasteiger partial charge in [-0.2, -0.15) is 0 Å². The molecule has 21 heavy (non-hydrogen) atoms. The molecule has 1 unspecified atom stereocenters. The molecule has 1 saturated heterocycles. The standard InChI is InChI=1S/C17H31NO3/c1-4-20-16(19)17(18-12-15-6-5-11-21-15)9-7-14(8-10-17)13(2)3/h13-15,18H,4-12H2,1-3H3. The van der Waals surface area contributed by atoms with Crippen LogP contribution in [0.5, 0.6) is 0 Å². The van der Waals surface area contributed by atoms with Gasteiger partial charge in [0, 0.05) is 13.2 Å². The molecule has 1 N–H and O–H groups in total. The van der Waals surface area contributed by atoms with Crippen LogP contribution in [0, 0.1) is 11.8 Å². The number of hydrogen-bond acceptors (Lipinski definition) is 4. The van der Waals surface area contributed by atoms with Gasteiger partial charge < -0.3 is 9.47 Å². The third-order valence-corrected chi connectivity index (χ3v) is 5.18. The van der Waals surface area contributed by atoms with Gasteiger partial charge in [-0.25, -0.2) is 0 Å². The largest absolute Gasteiger partial charge is 0.465 e. The number of carbonyl (C=O) groups excluding carboxylic acids is 1. The van der Waals surface area contributed by atoms with Crippen molar-refractivity contribution in [3.05, 3.63) is 0 Å². The minimum absolute atomic E-state index is 0.0646. The molecule has 0 bridgehead atoms. The number of esters is 1. The molecule has 0 aromatic carbocycles. The van der Waals surface area contributed by atoms with Crippen molar-refractivity contribution >= 4 is 5.97 Å². The first-order valence-corrected chi connectivity index (χ1v) is 8.61. The molecule has 1 saturated carbocycles. The molecule has 2 aliphatic rings. The molecule has 2 fully saturated rings. The average Bonchev–Trinajstić information content (AvgIpc) is 2.99. The van der Waals surface area contributed by atoms with Crippen molar-refractivity contribution in [2.75, 3.05) is 19.8 Å². The molecule has 0 aromatic rings. The van der Waals surface area contributed by atoms with Crippen molar-refractivity contribution in [1.82, 2.24) is 5.32 Å². The fourth-order valence-corrected chi connectivity index (χ4v) is 3.64. The predicted octanol–water partition coefficient (Wildman–Crippen LogP) is 2.90. The first-order valence-electron chi connectivity index (χ1n) is 8.61. The van der Waals surface area contributed by atoms with E-state index in [-0.39, 0.29) is 12.1 Å². The Morgan fingerprint density at radius 3 is 2.57 bits per heavy atom. The third kappa shape index (κ3) is 4.19. The van der Waals surface area contributed by atoms with Gasteiger partial charge in [0.15, 0.2) is 0 Å². The number of nitrogens with one attached hydrogen (secondary N) is 1. The first kappa shape index (κ1) is 16.8. The van der Waals surface area contributed by atoms with Crippen molar-refractivity contribution in [2.45, 2.75) is 70.9 Å². The van der Waals surface area contributed by atoms with Crippen molar-refractivity contribution in [3.63, 3.8) is 0 Å². The molecule has 1 aliphatic carbocycles. The summed E-state index contributed by atoms with van der Waals surface area (Å²) >= 11 is 0. The topological polar surface area (TPSA) is 47.6 Å². The lowest BCUT2D eigenvalue weighted by Gasteiger charge is -2.40. The van der Waals surface area contributed by atoms with E-state index in [1.165, 1.54) is 0 Å². The zero-order valence-corrected chi connectivity index (χ0v) is 13.8. The van der Waals surface area contributed by atoms with E-state index in [0.29, 0.717) is 12.5 Å². The maximum Gasteiger partial charge on any atom is 0.326 e. The number of ether oxygens (including phenoxy) is 2. The first-order chi connectivity index (χ1) is 10.1. The Balaban J connectivity index is 1.96. The van der Waals surface area contributed by atoms with E-state index in [0.717, 1.165) is 57.6 Å². The molecule has 2 rings (SSSR count). The van der Waals surface area contributed by atoms with E-state index in [1.54, 1.807) is 0 Å². The van der Waals surface area contributed by atoms with Crippen LogP contribution in [0.3, 0.4) is 0 Å². The van der Waals surface area contributed by atoms with Gasteiger partial charge >= 0.3 is 5.97 Å². The lowest BCUT2D eigenvalue weighted by atomic mass is 9.72. The maximum absolute atomic E-state index is 12.5. The smallest absolute Gasteiger partial charge is 0.326 e. The highest BCUT2D eigenvalue weighted by atomic mass is 16.5. The molecule has 4 heteroatoms. The quantitative estimate of drug-likeness (QED) is 0.766. The summed E-state index contributed by atoms with van der Waals surface area (Å²) < 4.78 is 11.0. The second kappa shape index (κ2) is 7.59. The van der Waals surface area contributed by atoms with E-state index >= 15 is 0 Å². The predicted molar refractivity (Wildman–Crippen MR) is 83.1 cm³/mol. The molecule has 122 valence electrons. The minimum atomic E-state index is -0.479. The van der Waals surface area contributed by atoms with Gasteiger partial charge in [0.25, 0.3) is 0 Å². The van der Waals surface area contributed by atoms with Crippen LogP contribution in [-0.4, -0.2) is 37.4 Å². The molecule has 4 nitrogen and oxygen atoms in total. The average molecular weight is 297 g/mol. The van der Waals surface area contributed by atoms with Gasteiger partial charge in [0.2, 0.25) is 0 Å². The van der Waals surface area contributed by atoms with Crippen LogP contribution in [-0.2, 0) is 14.3 Å². The van der Waals surface area contributed by atoms with Crippen molar-refractivity contribution in [3.8, 4) is 0 Å². The summed E-state index contributed by atoms with van der Waals surface area (Å²) in [7, 11) is 0. The van der Waals surface area contributed by atoms with Gasteiger partial charge in [-0.15, -0.1) is 0 Å². The lowest BCUT2D eigenvalue weighted by Crippen LogP contribution is -2.57. The summed E-state index contributed by atoms with van der Waals surface area (Å²) in [5.74, 6) is 1.37. The zero-order valence-electron chi connectivity index (χ0n) is 13.8. The van der Waals surface area contributed by atoms with Gasteiger partial charge in [-0.3, -0.25) is 10.1 Å². The van der Waals surface area contributed by atoms with Crippen LogP contribution in [0.4, 0.5) is 0 Å². The molecule has 0 aromatic heterocycles. The SMILES string of the molecule is CCOC(=O)C1(NCC2CCCO2)CCC(C(C)C)CC1. The van der Waals surface area contributed by atoms with E-state index in [1.807, 2.05) is 6.92 Å². The highest BCUT2D eigenvalue weighted by Crippen LogP contribution is 2.36. The summed E-state index contributed by atoms with van der Waals surface area (Å²) in [6, 6.07) is 0. The van der Waals surface area contributed by atoms with Crippen LogP contribution in [0.15, 0.2) is 0 Å². The summed E-state index contributed by atoms with van der Waals surface area (Å²) in [6.07, 6.45) is 6.49.